The topological polar surface area (TPSA) is 79.5 Å². The molecule has 1 aliphatic rings. The molecule has 2 heterocycles. The highest BCUT2D eigenvalue weighted by Gasteiger charge is 2.32. The molecule has 0 aliphatic carbocycles. The largest absolute Gasteiger partial charge is 0.505 e. The van der Waals surface area contributed by atoms with E-state index in [1.807, 2.05) is 0 Å². The van der Waals surface area contributed by atoms with Crippen molar-refractivity contribution in [3.8, 4) is 5.75 Å². The second kappa shape index (κ2) is 6.73. The van der Waals surface area contributed by atoms with Crippen LogP contribution in [0.15, 0.2) is 18.3 Å². The fourth-order valence-corrected chi connectivity index (χ4v) is 2.56. The van der Waals surface area contributed by atoms with Gasteiger partial charge in [0.15, 0.2) is 5.69 Å². The molecule has 0 spiro atoms. The van der Waals surface area contributed by atoms with Gasteiger partial charge in [-0.3, -0.25) is 4.79 Å². The van der Waals surface area contributed by atoms with Gasteiger partial charge in [-0.05, 0) is 30.9 Å². The van der Waals surface area contributed by atoms with Crippen molar-refractivity contribution in [2.75, 3.05) is 13.1 Å². The summed E-state index contributed by atoms with van der Waals surface area (Å²) >= 11 is 0. The Morgan fingerprint density at radius 3 is 3.00 bits per heavy atom. The molecule has 0 bridgehead atoms. The van der Waals surface area contributed by atoms with Gasteiger partial charge in [0.2, 0.25) is 0 Å². The van der Waals surface area contributed by atoms with Crippen LogP contribution in [0.25, 0.3) is 0 Å². The number of carbonyl (C=O) groups is 1. The third-order valence-electron chi connectivity index (χ3n) is 3.61. The van der Waals surface area contributed by atoms with E-state index < -0.39 is 0 Å². The molecule has 0 aromatic carbocycles. The zero-order valence-electron chi connectivity index (χ0n) is 11.0. The van der Waals surface area contributed by atoms with Crippen LogP contribution < -0.4 is 5.73 Å². The fraction of sp³-hybridized carbons (Fsp3) is 0.538. The van der Waals surface area contributed by atoms with Crippen LogP contribution in [-0.2, 0) is 0 Å². The SMILES string of the molecule is CC1CCCN(C(=O)c2ncccc2O)C1CN.Cl. The number of likely N-dealkylation sites (tertiary alicyclic amines) is 1. The molecule has 1 saturated heterocycles. The average molecular weight is 286 g/mol. The molecular weight excluding hydrogens is 266 g/mol. The van der Waals surface area contributed by atoms with Crippen molar-refractivity contribution >= 4 is 18.3 Å². The van der Waals surface area contributed by atoms with Crippen LogP contribution in [0.5, 0.6) is 5.75 Å². The fourth-order valence-electron chi connectivity index (χ4n) is 2.56. The standard InChI is InChI=1S/C13H19N3O2.ClH/c1-9-4-3-7-16(10(9)8-14)13(18)12-11(17)5-2-6-15-12;/h2,5-6,9-10,17H,3-4,7-8,14H2,1H3;1H. The molecule has 2 unspecified atom stereocenters. The third-order valence-corrected chi connectivity index (χ3v) is 3.61. The minimum Gasteiger partial charge on any atom is -0.505 e. The highest BCUT2D eigenvalue weighted by molar-refractivity contribution is 5.95. The van der Waals surface area contributed by atoms with Crippen molar-refractivity contribution in [3.63, 3.8) is 0 Å². The van der Waals surface area contributed by atoms with Gasteiger partial charge in [0.05, 0.1) is 0 Å². The predicted octanol–water partition coefficient (Wildman–Crippen LogP) is 1.41. The van der Waals surface area contributed by atoms with Gasteiger partial charge in [-0.15, -0.1) is 12.4 Å². The first-order valence-electron chi connectivity index (χ1n) is 6.30. The van der Waals surface area contributed by atoms with Crippen LogP contribution in [0.1, 0.15) is 30.3 Å². The van der Waals surface area contributed by atoms with Gasteiger partial charge in [0.1, 0.15) is 5.75 Å². The number of rotatable bonds is 2. The lowest BCUT2D eigenvalue weighted by molar-refractivity contribution is 0.0523. The summed E-state index contributed by atoms with van der Waals surface area (Å²) in [4.78, 5) is 18.1. The number of hydrogen-bond acceptors (Lipinski definition) is 4. The van der Waals surface area contributed by atoms with Crippen molar-refractivity contribution in [1.82, 2.24) is 9.88 Å². The molecule has 2 atom stereocenters. The zero-order valence-corrected chi connectivity index (χ0v) is 11.8. The van der Waals surface area contributed by atoms with Crippen LogP contribution in [0.3, 0.4) is 0 Å². The smallest absolute Gasteiger partial charge is 0.276 e. The summed E-state index contributed by atoms with van der Waals surface area (Å²) in [6, 6.07) is 3.11. The second-order valence-corrected chi connectivity index (χ2v) is 4.79. The van der Waals surface area contributed by atoms with Crippen LogP contribution in [0, 0.1) is 5.92 Å². The minimum atomic E-state index is -0.227. The van der Waals surface area contributed by atoms with Gasteiger partial charge < -0.3 is 15.7 Å². The number of halogens is 1. The van der Waals surface area contributed by atoms with Gasteiger partial charge >= 0.3 is 0 Å². The van der Waals surface area contributed by atoms with E-state index in [1.165, 1.54) is 12.3 Å². The third kappa shape index (κ3) is 3.16. The summed E-state index contributed by atoms with van der Waals surface area (Å²) in [6.45, 7) is 3.23. The number of piperidine rings is 1. The monoisotopic (exact) mass is 285 g/mol. The molecule has 1 amide bonds. The van der Waals surface area contributed by atoms with E-state index >= 15 is 0 Å². The number of aromatic nitrogens is 1. The van der Waals surface area contributed by atoms with Crippen LogP contribution in [0.4, 0.5) is 0 Å². The Hall–Kier alpha value is -1.33. The number of aromatic hydroxyl groups is 1. The van der Waals surface area contributed by atoms with E-state index in [1.54, 1.807) is 11.0 Å². The van der Waals surface area contributed by atoms with E-state index in [0.717, 1.165) is 12.8 Å². The number of nitrogens with zero attached hydrogens (tertiary/aromatic N) is 2. The molecule has 0 saturated carbocycles. The highest BCUT2D eigenvalue weighted by Crippen LogP contribution is 2.25. The normalized spacial score (nSPS) is 22.7. The lowest BCUT2D eigenvalue weighted by Gasteiger charge is -2.39. The van der Waals surface area contributed by atoms with Gasteiger partial charge in [0.25, 0.3) is 5.91 Å². The molecular formula is C13H20ClN3O2. The van der Waals surface area contributed by atoms with Gasteiger partial charge in [-0.1, -0.05) is 6.92 Å². The Morgan fingerprint density at radius 1 is 1.63 bits per heavy atom. The molecule has 5 nitrogen and oxygen atoms in total. The summed E-state index contributed by atoms with van der Waals surface area (Å²) in [6.07, 6.45) is 3.56. The summed E-state index contributed by atoms with van der Waals surface area (Å²) in [5.41, 5.74) is 5.88. The van der Waals surface area contributed by atoms with Gasteiger partial charge in [0, 0.05) is 25.3 Å². The van der Waals surface area contributed by atoms with Crippen molar-refractivity contribution < 1.29 is 9.90 Å². The maximum absolute atomic E-state index is 12.4. The van der Waals surface area contributed by atoms with E-state index in [9.17, 15) is 9.90 Å². The number of hydrogen-bond donors (Lipinski definition) is 2. The molecule has 0 radical (unpaired) electrons. The Kier molecular flexibility index (Phi) is 5.57. The molecule has 106 valence electrons. The van der Waals surface area contributed by atoms with E-state index in [0.29, 0.717) is 19.0 Å². The Balaban J connectivity index is 0.00000180. The summed E-state index contributed by atoms with van der Waals surface area (Å²) < 4.78 is 0. The first kappa shape index (κ1) is 15.7. The number of nitrogens with two attached hydrogens (primary N) is 1. The summed E-state index contributed by atoms with van der Waals surface area (Å²) in [5, 5.41) is 9.70. The average Bonchev–Trinajstić information content (AvgIpc) is 2.38. The lowest BCUT2D eigenvalue weighted by Crippen LogP contribution is -2.51. The number of pyridine rings is 1. The van der Waals surface area contributed by atoms with Crippen molar-refractivity contribution in [2.24, 2.45) is 11.7 Å². The maximum Gasteiger partial charge on any atom is 0.276 e. The summed E-state index contributed by atoms with van der Waals surface area (Å²) in [5.74, 6) is 0.0881. The number of amides is 1. The Labute approximate surface area is 119 Å². The lowest BCUT2D eigenvalue weighted by atomic mass is 9.90. The van der Waals surface area contributed by atoms with Crippen LogP contribution >= 0.6 is 12.4 Å². The molecule has 1 fully saturated rings. The molecule has 6 heteroatoms. The van der Waals surface area contributed by atoms with Gasteiger partial charge in [-0.2, -0.15) is 0 Å². The summed E-state index contributed by atoms with van der Waals surface area (Å²) in [7, 11) is 0. The van der Waals surface area contributed by atoms with Crippen LogP contribution in [-0.4, -0.2) is 40.0 Å². The first-order valence-corrected chi connectivity index (χ1v) is 6.30. The molecule has 1 aromatic heterocycles. The van der Waals surface area contributed by atoms with E-state index in [-0.39, 0.29) is 35.8 Å². The maximum atomic E-state index is 12.4. The molecule has 1 aromatic rings. The highest BCUT2D eigenvalue weighted by atomic mass is 35.5. The molecule has 19 heavy (non-hydrogen) atoms. The zero-order chi connectivity index (χ0) is 13.1. The second-order valence-electron chi connectivity index (χ2n) is 4.79. The van der Waals surface area contributed by atoms with Gasteiger partial charge in [-0.25, -0.2) is 4.98 Å². The molecule has 3 N–H and O–H groups in total. The Morgan fingerprint density at radius 2 is 2.37 bits per heavy atom. The van der Waals surface area contributed by atoms with Crippen molar-refractivity contribution in [3.05, 3.63) is 24.0 Å². The van der Waals surface area contributed by atoms with E-state index in [4.69, 9.17) is 5.73 Å². The quantitative estimate of drug-likeness (QED) is 0.861. The number of carbonyl (C=O) groups excluding carboxylic acids is 1. The molecule has 2 rings (SSSR count). The predicted molar refractivity (Wildman–Crippen MR) is 75.4 cm³/mol. The van der Waals surface area contributed by atoms with Crippen LogP contribution in [0.2, 0.25) is 0 Å². The minimum absolute atomic E-state index is 0. The first-order chi connectivity index (χ1) is 8.65. The van der Waals surface area contributed by atoms with Crippen molar-refractivity contribution in [2.45, 2.75) is 25.8 Å². The Bertz CT molecular complexity index is 442. The van der Waals surface area contributed by atoms with Crippen molar-refractivity contribution in [1.29, 1.82) is 0 Å². The molecule has 1 aliphatic heterocycles. The van der Waals surface area contributed by atoms with E-state index in [2.05, 4.69) is 11.9 Å².